The second kappa shape index (κ2) is 7.31. The van der Waals surface area contributed by atoms with Crippen molar-refractivity contribution in [3.8, 4) is 0 Å². The van der Waals surface area contributed by atoms with Crippen molar-refractivity contribution in [2.24, 2.45) is 0 Å². The summed E-state index contributed by atoms with van der Waals surface area (Å²) in [5.74, 6) is -0.650. The Kier molecular flexibility index (Phi) is 5.81. The van der Waals surface area contributed by atoms with Crippen molar-refractivity contribution in [2.45, 2.75) is 21.0 Å². The first-order valence-electron chi connectivity index (χ1n) is 6.85. The van der Waals surface area contributed by atoms with Crippen molar-refractivity contribution in [2.75, 3.05) is 0 Å². The smallest absolute Gasteiger partial charge is 0.252 e. The lowest BCUT2D eigenvalue weighted by molar-refractivity contribution is 0.0948. The van der Waals surface area contributed by atoms with E-state index in [9.17, 15) is 13.2 Å². The minimum absolute atomic E-state index is 0.0437. The van der Waals surface area contributed by atoms with Gasteiger partial charge in [-0.15, -0.1) is 0 Å². The second-order valence-electron chi connectivity index (χ2n) is 5.12. The Morgan fingerprint density at radius 3 is 2.04 bits per heavy atom. The third-order valence-electron chi connectivity index (χ3n) is 3.26. The van der Waals surface area contributed by atoms with E-state index in [1.807, 2.05) is 6.92 Å². The number of sulfone groups is 1. The van der Waals surface area contributed by atoms with Gasteiger partial charge < -0.3 is 5.32 Å². The molecule has 0 heterocycles. The molecule has 4 nitrogen and oxygen atoms in total. The molecule has 0 aromatic heterocycles. The van der Waals surface area contributed by atoms with Crippen LogP contribution < -0.4 is 5.32 Å². The Labute approximate surface area is 155 Å². The van der Waals surface area contributed by atoms with Gasteiger partial charge in [-0.1, -0.05) is 70.7 Å². The fourth-order valence-electron chi connectivity index (χ4n) is 1.99. The zero-order valence-corrected chi connectivity index (χ0v) is 15.6. The van der Waals surface area contributed by atoms with Crippen LogP contribution in [0.25, 0.3) is 0 Å². The summed E-state index contributed by atoms with van der Waals surface area (Å²) in [6.45, 7) is 1.82. The van der Waals surface area contributed by atoms with Gasteiger partial charge in [0.05, 0.1) is 4.90 Å². The number of benzene rings is 2. The molecule has 0 bridgehead atoms. The molecule has 0 fully saturated rings. The number of halogens is 3. The van der Waals surface area contributed by atoms with Gasteiger partial charge in [0.2, 0.25) is 13.6 Å². The van der Waals surface area contributed by atoms with Crippen LogP contribution in [0.1, 0.15) is 15.9 Å². The minimum Gasteiger partial charge on any atom is -0.332 e. The fourth-order valence-corrected chi connectivity index (χ4v) is 4.61. The zero-order chi connectivity index (χ0) is 18.0. The van der Waals surface area contributed by atoms with Crippen LogP contribution in [0.5, 0.6) is 0 Å². The van der Waals surface area contributed by atoms with E-state index in [4.69, 9.17) is 34.8 Å². The molecule has 0 saturated carbocycles. The number of aryl methyl sites for hydroxylation is 1. The van der Waals surface area contributed by atoms with Crippen molar-refractivity contribution in [3.05, 3.63) is 65.7 Å². The second-order valence-corrected chi connectivity index (χ2v) is 9.52. The van der Waals surface area contributed by atoms with E-state index in [0.717, 1.165) is 5.56 Å². The summed E-state index contributed by atoms with van der Waals surface area (Å²) in [6.07, 6.45) is 0. The Bertz CT molecular complexity index is 816. The van der Waals surface area contributed by atoms with Crippen molar-refractivity contribution in [1.29, 1.82) is 0 Å². The van der Waals surface area contributed by atoms with E-state index in [1.165, 1.54) is 24.3 Å². The van der Waals surface area contributed by atoms with Gasteiger partial charge in [0.15, 0.2) is 5.37 Å². The van der Waals surface area contributed by atoms with E-state index >= 15 is 0 Å². The fraction of sp³-hybridized carbons (Fsp3) is 0.188. The van der Waals surface area contributed by atoms with Gasteiger partial charge in [-0.05, 0) is 31.2 Å². The number of amides is 1. The topological polar surface area (TPSA) is 63.2 Å². The first-order valence-corrected chi connectivity index (χ1v) is 9.53. The molecule has 1 atom stereocenters. The molecule has 2 rings (SSSR count). The van der Waals surface area contributed by atoms with Gasteiger partial charge in [-0.3, -0.25) is 4.79 Å². The Morgan fingerprint density at radius 2 is 1.54 bits per heavy atom. The Balaban J connectivity index is 2.39. The van der Waals surface area contributed by atoms with Gasteiger partial charge in [0.1, 0.15) is 0 Å². The summed E-state index contributed by atoms with van der Waals surface area (Å²) in [7, 11) is -4.11. The molecule has 0 aliphatic carbocycles. The molecule has 1 unspecified atom stereocenters. The van der Waals surface area contributed by atoms with Crippen molar-refractivity contribution >= 4 is 50.5 Å². The van der Waals surface area contributed by atoms with Crippen LogP contribution in [0.15, 0.2) is 59.5 Å². The maximum Gasteiger partial charge on any atom is 0.252 e. The SMILES string of the molecule is Cc1ccc(S(=O)(=O)C(NC(=O)c2ccccc2)C(Cl)(Cl)Cl)cc1. The highest BCUT2D eigenvalue weighted by Gasteiger charge is 2.44. The molecule has 8 heteroatoms. The molecule has 0 aliphatic rings. The number of hydrogen-bond donors (Lipinski definition) is 1. The first-order chi connectivity index (χ1) is 11.1. The Hall–Kier alpha value is -1.27. The summed E-state index contributed by atoms with van der Waals surface area (Å²) in [4.78, 5) is 12.2. The van der Waals surface area contributed by atoms with Crippen LogP contribution >= 0.6 is 34.8 Å². The highest BCUT2D eigenvalue weighted by atomic mass is 35.6. The summed E-state index contributed by atoms with van der Waals surface area (Å²) >= 11 is 17.5. The zero-order valence-electron chi connectivity index (χ0n) is 12.5. The number of rotatable bonds is 4. The summed E-state index contributed by atoms with van der Waals surface area (Å²) in [5.41, 5.74) is 1.14. The predicted octanol–water partition coefficient (Wildman–Crippen LogP) is 3.90. The van der Waals surface area contributed by atoms with Gasteiger partial charge >= 0.3 is 0 Å². The number of nitrogens with one attached hydrogen (secondary N) is 1. The third-order valence-corrected chi connectivity index (χ3v) is 6.32. The largest absolute Gasteiger partial charge is 0.332 e. The number of carbonyl (C=O) groups is 1. The van der Waals surface area contributed by atoms with Crippen molar-refractivity contribution in [1.82, 2.24) is 5.32 Å². The normalized spacial score (nSPS) is 13.3. The summed E-state index contributed by atoms with van der Waals surface area (Å²) in [5, 5.41) is 0.573. The molecule has 0 saturated heterocycles. The van der Waals surface area contributed by atoms with E-state index in [-0.39, 0.29) is 10.5 Å². The van der Waals surface area contributed by atoms with Gasteiger partial charge in [-0.2, -0.15) is 0 Å². The van der Waals surface area contributed by atoms with Crippen LogP contribution in [0.2, 0.25) is 0 Å². The standard InChI is InChI=1S/C16H14Cl3NO3S/c1-11-7-9-13(10-8-11)24(22,23)15(16(17,18)19)20-14(21)12-5-3-2-4-6-12/h2-10,15H,1H3,(H,20,21). The van der Waals surface area contributed by atoms with Crippen LogP contribution in [-0.2, 0) is 9.84 Å². The van der Waals surface area contributed by atoms with Crippen LogP contribution in [0, 0.1) is 6.92 Å². The Morgan fingerprint density at radius 1 is 1.00 bits per heavy atom. The number of alkyl halides is 3. The van der Waals surface area contributed by atoms with Crippen LogP contribution in [0.4, 0.5) is 0 Å². The molecule has 2 aromatic carbocycles. The van der Waals surface area contributed by atoms with E-state index < -0.39 is 24.9 Å². The van der Waals surface area contributed by atoms with Crippen LogP contribution in [0.3, 0.4) is 0 Å². The summed E-state index contributed by atoms with van der Waals surface area (Å²) in [6, 6.07) is 14.1. The first kappa shape index (κ1) is 19.1. The maximum absolute atomic E-state index is 12.8. The lowest BCUT2D eigenvalue weighted by Gasteiger charge is -2.25. The average Bonchev–Trinajstić information content (AvgIpc) is 2.52. The van der Waals surface area contributed by atoms with E-state index in [2.05, 4.69) is 5.32 Å². The van der Waals surface area contributed by atoms with Crippen molar-refractivity contribution in [3.63, 3.8) is 0 Å². The molecule has 0 aliphatic heterocycles. The maximum atomic E-state index is 12.8. The number of hydrogen-bond acceptors (Lipinski definition) is 3. The molecule has 1 amide bonds. The lowest BCUT2D eigenvalue weighted by Crippen LogP contribution is -2.49. The van der Waals surface area contributed by atoms with Crippen molar-refractivity contribution < 1.29 is 13.2 Å². The molecule has 2 aromatic rings. The molecule has 1 N–H and O–H groups in total. The van der Waals surface area contributed by atoms with Gasteiger partial charge in [0.25, 0.3) is 5.91 Å². The highest BCUT2D eigenvalue weighted by molar-refractivity contribution is 7.92. The highest BCUT2D eigenvalue weighted by Crippen LogP contribution is 2.36. The minimum atomic E-state index is -4.11. The van der Waals surface area contributed by atoms with Gasteiger partial charge in [-0.25, -0.2) is 8.42 Å². The van der Waals surface area contributed by atoms with Crippen LogP contribution in [-0.4, -0.2) is 23.5 Å². The molecular formula is C16H14Cl3NO3S. The molecule has 24 heavy (non-hydrogen) atoms. The number of carbonyl (C=O) groups excluding carboxylic acids is 1. The predicted molar refractivity (Wildman–Crippen MR) is 96.4 cm³/mol. The average molecular weight is 407 g/mol. The lowest BCUT2D eigenvalue weighted by atomic mass is 10.2. The van der Waals surface area contributed by atoms with E-state index in [1.54, 1.807) is 30.3 Å². The quantitative estimate of drug-likeness (QED) is 0.783. The molecular weight excluding hydrogens is 393 g/mol. The molecule has 0 spiro atoms. The molecule has 128 valence electrons. The van der Waals surface area contributed by atoms with Gasteiger partial charge in [0, 0.05) is 5.56 Å². The monoisotopic (exact) mass is 405 g/mol. The van der Waals surface area contributed by atoms with E-state index in [0.29, 0.717) is 0 Å². The third kappa shape index (κ3) is 4.42. The summed E-state index contributed by atoms with van der Waals surface area (Å²) < 4.78 is 23.3. The molecule has 0 radical (unpaired) electrons.